The van der Waals surface area contributed by atoms with Gasteiger partial charge in [-0.1, -0.05) is 194 Å². The maximum absolute atomic E-state index is 13.6. The number of hydrogen-bond donors (Lipinski definition) is 8. The molecule has 2 aromatic rings. The van der Waals surface area contributed by atoms with Crippen LogP contribution in [-0.2, 0) is 44.8 Å². The number of amides is 6. The number of carbonyl (C=O) groups is 7. The van der Waals surface area contributed by atoms with Crippen LogP contribution in [-0.4, -0.2) is 124 Å². The number of imidazole rings is 1. The number of anilines is 1. The minimum absolute atomic E-state index is 0.00162. The van der Waals surface area contributed by atoms with E-state index in [0.29, 0.717) is 38.8 Å². The molecule has 83 heavy (non-hydrogen) atoms. The molecule has 10 N–H and O–H groups in total. The van der Waals surface area contributed by atoms with Crippen LogP contribution in [0.3, 0.4) is 0 Å². The van der Waals surface area contributed by atoms with Crippen LogP contribution in [0.15, 0.2) is 11.1 Å². The topological polar surface area (TPSA) is 308 Å². The fourth-order valence-electron chi connectivity index (χ4n) is 10.1. The smallest absolute Gasteiger partial charge is 0.306 e. The van der Waals surface area contributed by atoms with Crippen molar-refractivity contribution in [2.45, 2.75) is 277 Å². The molecule has 0 aliphatic carbocycles. The number of nitrogens with zero attached hydrogens (tertiary/aromatic N) is 4. The van der Waals surface area contributed by atoms with Crippen LogP contribution in [0.1, 0.15) is 258 Å². The first-order chi connectivity index (χ1) is 40.3. The first-order valence-corrected chi connectivity index (χ1v) is 32.6. The molecule has 0 radical (unpaired) electrons. The number of nitrogen functional groups attached to an aromatic ring is 1. The number of esters is 1. The predicted octanol–water partition coefficient (Wildman–Crippen LogP) is 8.84. The highest BCUT2D eigenvalue weighted by Crippen LogP contribution is 2.16. The second-order valence-electron chi connectivity index (χ2n) is 22.6. The molecule has 1 unspecified atom stereocenters. The zero-order chi connectivity index (χ0) is 60.6. The Hall–Kier alpha value is -5.60. The number of ether oxygens (including phenoxy) is 1. The highest BCUT2D eigenvalue weighted by atomic mass is 16.5. The van der Waals surface area contributed by atoms with Gasteiger partial charge in [0.15, 0.2) is 11.2 Å². The minimum Gasteiger partial charge on any atom is -0.459 e. The lowest BCUT2D eigenvalue weighted by Crippen LogP contribution is -2.50. The van der Waals surface area contributed by atoms with Crippen molar-refractivity contribution < 1.29 is 38.3 Å². The number of rotatable bonds is 54. The van der Waals surface area contributed by atoms with Crippen molar-refractivity contribution in [2.24, 2.45) is 5.73 Å². The first-order valence-electron chi connectivity index (χ1n) is 32.6. The van der Waals surface area contributed by atoms with Crippen LogP contribution in [0.2, 0.25) is 0 Å². The highest BCUT2D eigenvalue weighted by molar-refractivity contribution is 5.89. The Bertz CT molecular complexity index is 2100. The van der Waals surface area contributed by atoms with Crippen LogP contribution >= 0.6 is 0 Å². The van der Waals surface area contributed by atoms with E-state index < -0.39 is 47.3 Å². The van der Waals surface area contributed by atoms with Crippen molar-refractivity contribution in [3.63, 3.8) is 0 Å². The molecule has 2 heterocycles. The van der Waals surface area contributed by atoms with E-state index in [1.165, 1.54) is 157 Å². The van der Waals surface area contributed by atoms with Gasteiger partial charge in [-0.2, -0.15) is 4.98 Å². The normalized spacial score (nSPS) is 11.6. The zero-order valence-electron chi connectivity index (χ0n) is 51.7. The largest absolute Gasteiger partial charge is 0.459 e. The molecule has 0 bridgehead atoms. The minimum atomic E-state index is -1.00. The second-order valence-corrected chi connectivity index (χ2v) is 22.6. The molecule has 2 rings (SSSR count). The molecule has 6 amide bonds. The van der Waals surface area contributed by atoms with Crippen molar-refractivity contribution in [2.75, 3.05) is 51.5 Å². The molecule has 0 aliphatic heterocycles. The van der Waals surface area contributed by atoms with Crippen LogP contribution < -0.4 is 43.6 Å². The summed E-state index contributed by atoms with van der Waals surface area (Å²) in [5.74, 6) is -3.24. The summed E-state index contributed by atoms with van der Waals surface area (Å²) in [5, 5.41) is 13.9. The summed E-state index contributed by atoms with van der Waals surface area (Å²) in [6.45, 7) is 6.12. The number of fused-ring (bicyclic) bond motifs is 1. The molecule has 2 aromatic heterocycles. The molecule has 0 aliphatic rings. The maximum atomic E-state index is 13.6. The van der Waals surface area contributed by atoms with Gasteiger partial charge in [-0.15, -0.1) is 0 Å². The van der Waals surface area contributed by atoms with E-state index in [0.717, 1.165) is 51.4 Å². The summed E-state index contributed by atoms with van der Waals surface area (Å²) in [4.78, 5) is 116. The number of nitrogens with two attached hydrogens (primary N) is 2. The van der Waals surface area contributed by atoms with Crippen LogP contribution in [0.25, 0.3) is 11.2 Å². The van der Waals surface area contributed by atoms with Crippen molar-refractivity contribution in [1.29, 1.82) is 0 Å². The first kappa shape index (κ1) is 73.5. The third-order valence-corrected chi connectivity index (χ3v) is 15.1. The Morgan fingerprint density at radius 3 is 1.54 bits per heavy atom. The third-order valence-electron chi connectivity index (χ3n) is 15.1. The summed E-state index contributed by atoms with van der Waals surface area (Å²) < 4.78 is 7.11. The molecule has 21 nitrogen and oxygen atoms in total. The molecular weight excluding hydrogens is 1060 g/mol. The Morgan fingerprint density at radius 1 is 0.590 bits per heavy atom. The van der Waals surface area contributed by atoms with Gasteiger partial charge in [0.1, 0.15) is 18.7 Å². The molecule has 0 saturated heterocycles. The number of aromatic amines is 1. The molecule has 21 heteroatoms. The summed E-state index contributed by atoms with van der Waals surface area (Å²) >= 11 is 0. The summed E-state index contributed by atoms with van der Waals surface area (Å²) in [5.41, 5.74) is 11.0. The third kappa shape index (κ3) is 37.4. The van der Waals surface area contributed by atoms with E-state index in [1.54, 1.807) is 6.92 Å². The van der Waals surface area contributed by atoms with Gasteiger partial charge < -0.3 is 52.3 Å². The molecule has 474 valence electrons. The quantitative estimate of drug-likeness (QED) is 0.0227. The van der Waals surface area contributed by atoms with Crippen molar-refractivity contribution in [3.8, 4) is 0 Å². The number of nitrogens with one attached hydrogen (secondary N) is 6. The van der Waals surface area contributed by atoms with E-state index in [9.17, 15) is 38.4 Å². The maximum Gasteiger partial charge on any atom is 0.306 e. The van der Waals surface area contributed by atoms with Crippen LogP contribution in [0.4, 0.5) is 5.95 Å². The molecule has 0 spiro atoms. The number of hydrogen-bond acceptors (Lipinski definition) is 13. The SMILES string of the molecule is CCCCCCCCCCCCCCCCCC(=O)NCC(CNC(=O)CCCCCCCCCCCCCCCCC)OC(=O)CCC(=O)NC(CCCCN)C(=O)NCCN(CC(=O)NCC)C(=O)Cn1cnc2c(=O)[nH]c(N)nc21. The predicted molar refractivity (Wildman–Crippen MR) is 330 cm³/mol. The zero-order valence-corrected chi connectivity index (χ0v) is 51.7. The standard InChI is InChI=1S/C62H112N12O9/c1-4-7-9-11-13-15-17-19-21-23-25-27-29-31-33-38-52(75)67-45-50(46-68-53(76)39-34-32-30-28-26-24-22-20-18-16-14-12-10-8-5-2)83-57(80)41-40-54(77)70-51(37-35-36-42-63)60(81)66-43-44-73(47-55(78)65-6-3)56(79)48-74-49-69-58-59(74)71-62(64)72-61(58)82/h49-51H,4-48,63H2,1-3H3,(H,65,78)(H,66,81)(H,67,75)(H,68,76)(H,70,77)(H3,64,71,72,82). The Kier molecular flexibility index (Phi) is 43.2. The fraction of sp³-hybridized carbons (Fsp3) is 0.806. The molecule has 0 fully saturated rings. The van der Waals surface area contributed by atoms with Gasteiger partial charge >= 0.3 is 5.97 Å². The van der Waals surface area contributed by atoms with Crippen LogP contribution in [0, 0.1) is 0 Å². The van der Waals surface area contributed by atoms with Crippen molar-refractivity contribution in [1.82, 2.24) is 51.0 Å². The summed E-state index contributed by atoms with van der Waals surface area (Å²) in [7, 11) is 0. The van der Waals surface area contributed by atoms with E-state index in [4.69, 9.17) is 16.2 Å². The lowest BCUT2D eigenvalue weighted by atomic mass is 10.0. The van der Waals surface area contributed by atoms with Gasteiger partial charge in [-0.05, 0) is 45.6 Å². The Balaban J connectivity index is 1.90. The summed E-state index contributed by atoms with van der Waals surface area (Å²) in [6, 6.07) is -1.00. The average molecular weight is 1170 g/mol. The number of aromatic nitrogens is 4. The monoisotopic (exact) mass is 1170 g/mol. The van der Waals surface area contributed by atoms with Crippen molar-refractivity contribution in [3.05, 3.63) is 16.7 Å². The molecule has 1 atom stereocenters. The molecule has 0 saturated carbocycles. The van der Waals surface area contributed by atoms with Gasteiger partial charge in [-0.25, -0.2) is 4.98 Å². The van der Waals surface area contributed by atoms with Crippen molar-refractivity contribution >= 4 is 58.5 Å². The second kappa shape index (κ2) is 48.7. The van der Waals surface area contributed by atoms with E-state index in [2.05, 4.69) is 55.4 Å². The Labute approximate surface area is 497 Å². The van der Waals surface area contributed by atoms with Crippen LogP contribution in [0.5, 0.6) is 0 Å². The van der Waals surface area contributed by atoms with Gasteiger partial charge in [0, 0.05) is 38.9 Å². The van der Waals surface area contributed by atoms with Gasteiger partial charge in [0.2, 0.25) is 41.4 Å². The van der Waals surface area contributed by atoms with Gasteiger partial charge in [0.25, 0.3) is 5.56 Å². The fourth-order valence-corrected chi connectivity index (χ4v) is 10.1. The van der Waals surface area contributed by atoms with E-state index in [1.807, 2.05) is 0 Å². The molecular formula is C62H112N12O9. The number of carbonyl (C=O) groups excluding carboxylic acids is 7. The van der Waals surface area contributed by atoms with Gasteiger partial charge in [0.05, 0.1) is 32.4 Å². The Morgan fingerprint density at radius 2 is 1.07 bits per heavy atom. The highest BCUT2D eigenvalue weighted by Gasteiger charge is 2.25. The molecule has 0 aromatic carbocycles. The lowest BCUT2D eigenvalue weighted by molar-refractivity contribution is -0.150. The van der Waals surface area contributed by atoms with E-state index in [-0.39, 0.29) is 87.5 Å². The number of likely N-dealkylation sites (N-methyl/N-ethyl adjacent to an activating group) is 1. The lowest BCUT2D eigenvalue weighted by Gasteiger charge is -2.24. The average Bonchev–Trinajstić information content (AvgIpc) is 3.89. The number of H-pyrrole nitrogens is 1. The number of unbranched alkanes of at least 4 members (excludes halogenated alkanes) is 29. The summed E-state index contributed by atoms with van der Waals surface area (Å²) in [6.07, 6.45) is 38.7. The van der Waals surface area contributed by atoms with Gasteiger partial charge in [-0.3, -0.25) is 43.3 Å². The van der Waals surface area contributed by atoms with E-state index >= 15 is 0 Å².